The summed E-state index contributed by atoms with van der Waals surface area (Å²) in [5, 5.41) is 12.0. The van der Waals surface area contributed by atoms with Crippen molar-refractivity contribution in [3.05, 3.63) is 0 Å². The summed E-state index contributed by atoms with van der Waals surface area (Å²) in [6.45, 7) is 2.57. The fourth-order valence-corrected chi connectivity index (χ4v) is 2.19. The number of hydrogen-bond donors (Lipinski definition) is 3. The summed E-state index contributed by atoms with van der Waals surface area (Å²) >= 11 is 0. The van der Waals surface area contributed by atoms with Gasteiger partial charge in [0.2, 0.25) is 5.91 Å². The van der Waals surface area contributed by atoms with Gasteiger partial charge in [-0.2, -0.15) is 0 Å². The van der Waals surface area contributed by atoms with E-state index in [1.165, 1.54) is 12.8 Å². The molecule has 0 aliphatic heterocycles. The van der Waals surface area contributed by atoms with Crippen LogP contribution < -0.4 is 11.1 Å². The van der Waals surface area contributed by atoms with Crippen molar-refractivity contribution in [3.8, 4) is 0 Å². The first-order chi connectivity index (χ1) is 7.15. The second-order valence-corrected chi connectivity index (χ2v) is 4.52. The van der Waals surface area contributed by atoms with Gasteiger partial charge in [-0.25, -0.2) is 0 Å². The molecular weight excluding hydrogens is 192 g/mol. The Balaban J connectivity index is 2.32. The summed E-state index contributed by atoms with van der Waals surface area (Å²) in [4.78, 5) is 11.3. The van der Waals surface area contributed by atoms with Crippen LogP contribution in [0, 0.1) is 11.8 Å². The van der Waals surface area contributed by atoms with Crippen molar-refractivity contribution >= 4 is 5.91 Å². The molecule has 1 saturated carbocycles. The summed E-state index contributed by atoms with van der Waals surface area (Å²) in [6.07, 6.45) is 4.58. The minimum Gasteiger partial charge on any atom is -0.396 e. The predicted molar refractivity (Wildman–Crippen MR) is 59.2 cm³/mol. The van der Waals surface area contributed by atoms with Crippen molar-refractivity contribution in [3.63, 3.8) is 0 Å². The Morgan fingerprint density at radius 2 is 2.07 bits per heavy atom. The second-order valence-electron chi connectivity index (χ2n) is 4.52. The Kier molecular flexibility index (Phi) is 5.05. The standard InChI is InChI=1S/C11H22N2O2/c1-8(12)11(15)13-6-9-4-2-3-5-10(9)7-14/h8-10,14H,2-7,12H2,1H3,(H,13,15). The Bertz CT molecular complexity index is 207. The molecule has 0 aromatic rings. The third-order valence-corrected chi connectivity index (χ3v) is 3.25. The first-order valence-corrected chi connectivity index (χ1v) is 5.79. The zero-order chi connectivity index (χ0) is 11.3. The first kappa shape index (κ1) is 12.5. The molecule has 88 valence electrons. The van der Waals surface area contributed by atoms with Crippen LogP contribution in [0.15, 0.2) is 0 Å². The molecule has 0 radical (unpaired) electrons. The Hall–Kier alpha value is -0.610. The normalized spacial score (nSPS) is 28.5. The van der Waals surface area contributed by atoms with E-state index < -0.39 is 6.04 Å². The highest BCUT2D eigenvalue weighted by molar-refractivity contribution is 5.80. The van der Waals surface area contributed by atoms with Gasteiger partial charge >= 0.3 is 0 Å². The van der Waals surface area contributed by atoms with Crippen molar-refractivity contribution in [1.82, 2.24) is 5.32 Å². The topological polar surface area (TPSA) is 75.4 Å². The molecule has 0 spiro atoms. The molecule has 0 bridgehead atoms. The van der Waals surface area contributed by atoms with E-state index in [0.29, 0.717) is 18.4 Å². The molecule has 0 aromatic heterocycles. The van der Waals surface area contributed by atoms with Gasteiger partial charge in [-0.1, -0.05) is 12.8 Å². The van der Waals surface area contributed by atoms with Gasteiger partial charge in [0.1, 0.15) is 0 Å². The molecule has 0 aromatic carbocycles. The SMILES string of the molecule is CC(N)C(=O)NCC1CCCCC1CO. The van der Waals surface area contributed by atoms with Crippen LogP contribution in [0.5, 0.6) is 0 Å². The highest BCUT2D eigenvalue weighted by atomic mass is 16.3. The minimum absolute atomic E-state index is 0.0998. The lowest BCUT2D eigenvalue weighted by Crippen LogP contribution is -2.42. The lowest BCUT2D eigenvalue weighted by molar-refractivity contribution is -0.122. The van der Waals surface area contributed by atoms with Crippen molar-refractivity contribution in [1.29, 1.82) is 0 Å². The number of hydrogen-bond acceptors (Lipinski definition) is 3. The van der Waals surface area contributed by atoms with Gasteiger partial charge in [0.15, 0.2) is 0 Å². The molecule has 1 aliphatic rings. The van der Waals surface area contributed by atoms with Gasteiger partial charge < -0.3 is 16.2 Å². The number of amides is 1. The molecular formula is C11H22N2O2. The summed E-state index contributed by atoms with van der Waals surface area (Å²) in [6, 6.07) is -0.443. The molecule has 3 atom stereocenters. The maximum atomic E-state index is 11.3. The molecule has 1 amide bonds. The minimum atomic E-state index is -0.443. The average Bonchev–Trinajstić information content (AvgIpc) is 2.26. The summed E-state index contributed by atoms with van der Waals surface area (Å²) in [7, 11) is 0. The van der Waals surface area contributed by atoms with Crippen molar-refractivity contribution < 1.29 is 9.90 Å². The van der Waals surface area contributed by atoms with Crippen LogP contribution >= 0.6 is 0 Å². The lowest BCUT2D eigenvalue weighted by Gasteiger charge is -2.30. The van der Waals surface area contributed by atoms with Crippen molar-refractivity contribution in [2.75, 3.05) is 13.2 Å². The number of aliphatic hydroxyl groups excluding tert-OH is 1. The lowest BCUT2D eigenvalue weighted by atomic mass is 9.79. The Morgan fingerprint density at radius 1 is 1.47 bits per heavy atom. The van der Waals surface area contributed by atoms with Gasteiger partial charge in [-0.15, -0.1) is 0 Å². The zero-order valence-electron chi connectivity index (χ0n) is 9.41. The van der Waals surface area contributed by atoms with Gasteiger partial charge in [0, 0.05) is 13.2 Å². The molecule has 0 saturated heterocycles. The van der Waals surface area contributed by atoms with Gasteiger partial charge in [-0.3, -0.25) is 4.79 Å². The van der Waals surface area contributed by atoms with Crippen LogP contribution in [-0.2, 0) is 4.79 Å². The largest absolute Gasteiger partial charge is 0.396 e. The molecule has 4 N–H and O–H groups in total. The third-order valence-electron chi connectivity index (χ3n) is 3.25. The molecule has 4 heteroatoms. The molecule has 1 aliphatic carbocycles. The van der Waals surface area contributed by atoms with E-state index in [1.54, 1.807) is 6.92 Å². The van der Waals surface area contributed by atoms with Crippen molar-refractivity contribution in [2.45, 2.75) is 38.6 Å². The highest BCUT2D eigenvalue weighted by Crippen LogP contribution is 2.28. The van der Waals surface area contributed by atoms with Gasteiger partial charge in [-0.05, 0) is 31.6 Å². The fourth-order valence-electron chi connectivity index (χ4n) is 2.19. The smallest absolute Gasteiger partial charge is 0.236 e. The number of nitrogens with one attached hydrogen (secondary N) is 1. The van der Waals surface area contributed by atoms with E-state index in [9.17, 15) is 9.90 Å². The van der Waals surface area contributed by atoms with E-state index in [1.807, 2.05) is 0 Å². The second kappa shape index (κ2) is 6.08. The first-order valence-electron chi connectivity index (χ1n) is 5.79. The van der Waals surface area contributed by atoms with Gasteiger partial charge in [0.05, 0.1) is 6.04 Å². The Morgan fingerprint density at radius 3 is 2.60 bits per heavy atom. The molecule has 4 nitrogen and oxygen atoms in total. The van der Waals surface area contributed by atoms with E-state index >= 15 is 0 Å². The monoisotopic (exact) mass is 214 g/mol. The highest BCUT2D eigenvalue weighted by Gasteiger charge is 2.24. The van der Waals surface area contributed by atoms with Crippen LogP contribution in [0.2, 0.25) is 0 Å². The molecule has 0 heterocycles. The summed E-state index contributed by atoms with van der Waals surface area (Å²) in [5.74, 6) is 0.677. The number of carbonyl (C=O) groups is 1. The molecule has 15 heavy (non-hydrogen) atoms. The van der Waals surface area contributed by atoms with E-state index in [0.717, 1.165) is 12.8 Å². The number of nitrogens with two attached hydrogens (primary N) is 1. The molecule has 1 rings (SSSR count). The van der Waals surface area contributed by atoms with Crippen molar-refractivity contribution in [2.24, 2.45) is 17.6 Å². The molecule has 1 fully saturated rings. The van der Waals surface area contributed by atoms with E-state index in [-0.39, 0.29) is 12.5 Å². The third kappa shape index (κ3) is 3.80. The maximum Gasteiger partial charge on any atom is 0.236 e. The molecule has 3 unspecified atom stereocenters. The van der Waals surface area contributed by atoms with E-state index in [2.05, 4.69) is 5.32 Å². The maximum absolute atomic E-state index is 11.3. The quantitative estimate of drug-likeness (QED) is 0.628. The average molecular weight is 214 g/mol. The number of rotatable bonds is 4. The number of carbonyl (C=O) groups excluding carboxylic acids is 1. The van der Waals surface area contributed by atoms with E-state index in [4.69, 9.17) is 5.73 Å². The van der Waals surface area contributed by atoms with Gasteiger partial charge in [0.25, 0.3) is 0 Å². The zero-order valence-corrected chi connectivity index (χ0v) is 9.41. The van der Waals surface area contributed by atoms with Crippen LogP contribution in [-0.4, -0.2) is 30.2 Å². The predicted octanol–water partition coefficient (Wildman–Crippen LogP) is 0.248. The van der Waals surface area contributed by atoms with Crippen LogP contribution in [0.4, 0.5) is 0 Å². The summed E-state index contributed by atoms with van der Waals surface area (Å²) < 4.78 is 0. The van der Waals surface area contributed by atoms with Crippen LogP contribution in [0.1, 0.15) is 32.6 Å². The Labute approximate surface area is 91.2 Å². The fraction of sp³-hybridized carbons (Fsp3) is 0.909. The van der Waals surface area contributed by atoms with Crippen LogP contribution in [0.25, 0.3) is 0 Å². The number of aliphatic hydroxyl groups is 1. The summed E-state index contributed by atoms with van der Waals surface area (Å²) in [5.41, 5.74) is 5.46. The van der Waals surface area contributed by atoms with Crippen LogP contribution in [0.3, 0.4) is 0 Å².